The summed E-state index contributed by atoms with van der Waals surface area (Å²) in [6, 6.07) is 7.24. The Bertz CT molecular complexity index is 684. The molecule has 0 aromatic heterocycles. The summed E-state index contributed by atoms with van der Waals surface area (Å²) in [6.45, 7) is 5.60. The number of anilines is 1. The van der Waals surface area contributed by atoms with Crippen molar-refractivity contribution in [2.45, 2.75) is 33.2 Å². The summed E-state index contributed by atoms with van der Waals surface area (Å²) < 4.78 is 0. The zero-order chi connectivity index (χ0) is 18.6. The van der Waals surface area contributed by atoms with Gasteiger partial charge in [-0.25, -0.2) is 0 Å². The molecule has 8 nitrogen and oxygen atoms in total. The lowest BCUT2D eigenvalue weighted by atomic mass is 10.1. The van der Waals surface area contributed by atoms with Crippen molar-refractivity contribution in [1.29, 1.82) is 0 Å². The van der Waals surface area contributed by atoms with Gasteiger partial charge in [0.2, 0.25) is 11.8 Å². The number of amides is 4. The molecule has 1 aliphatic heterocycles. The maximum atomic E-state index is 12.1. The van der Waals surface area contributed by atoms with Crippen molar-refractivity contribution in [2.24, 2.45) is 5.92 Å². The fourth-order valence-electron chi connectivity index (χ4n) is 2.46. The monoisotopic (exact) mass is 346 g/mol. The number of nitrogens with zero attached hydrogens (tertiary/aromatic N) is 1. The van der Waals surface area contributed by atoms with Crippen LogP contribution >= 0.6 is 0 Å². The lowest BCUT2D eigenvalue weighted by Gasteiger charge is -2.17. The third kappa shape index (κ3) is 4.79. The number of carbonyl (C=O) groups is 4. The molecule has 1 aromatic rings. The first-order chi connectivity index (χ1) is 11.8. The highest BCUT2D eigenvalue weighted by molar-refractivity contribution is 6.35. The van der Waals surface area contributed by atoms with Gasteiger partial charge < -0.3 is 10.2 Å². The van der Waals surface area contributed by atoms with Gasteiger partial charge in [-0.15, -0.1) is 0 Å². The maximum Gasteiger partial charge on any atom is 0.327 e. The van der Waals surface area contributed by atoms with Gasteiger partial charge >= 0.3 is 11.8 Å². The van der Waals surface area contributed by atoms with Crippen LogP contribution in [0.5, 0.6) is 0 Å². The molecule has 3 N–H and O–H groups in total. The number of rotatable bonds is 3. The number of hydrazine groups is 1. The smallest absolute Gasteiger partial charge is 0.327 e. The molecule has 1 heterocycles. The van der Waals surface area contributed by atoms with Gasteiger partial charge in [-0.2, -0.15) is 0 Å². The van der Waals surface area contributed by atoms with E-state index in [0.717, 1.165) is 11.3 Å². The van der Waals surface area contributed by atoms with Crippen LogP contribution in [0.2, 0.25) is 0 Å². The third-order valence-electron chi connectivity index (χ3n) is 3.77. The van der Waals surface area contributed by atoms with E-state index >= 15 is 0 Å². The summed E-state index contributed by atoms with van der Waals surface area (Å²) in [4.78, 5) is 48.8. The Hall–Kier alpha value is -2.90. The van der Waals surface area contributed by atoms with Crippen molar-refractivity contribution in [1.82, 2.24) is 16.2 Å². The van der Waals surface area contributed by atoms with Crippen LogP contribution in [0.4, 0.5) is 5.69 Å². The van der Waals surface area contributed by atoms with Crippen LogP contribution in [-0.4, -0.2) is 36.2 Å². The highest BCUT2D eigenvalue weighted by atomic mass is 16.2. The fraction of sp³-hybridized carbons (Fsp3) is 0.412. The number of hydrogen-bond acceptors (Lipinski definition) is 4. The minimum atomic E-state index is -0.957. The second-order valence-electron chi connectivity index (χ2n) is 6.31. The molecule has 0 unspecified atom stereocenters. The third-order valence-corrected chi connectivity index (χ3v) is 3.77. The zero-order valence-corrected chi connectivity index (χ0v) is 14.5. The summed E-state index contributed by atoms with van der Waals surface area (Å²) in [5.74, 6) is -3.05. The number of benzene rings is 1. The van der Waals surface area contributed by atoms with Crippen molar-refractivity contribution in [3.05, 3.63) is 29.8 Å². The molecule has 25 heavy (non-hydrogen) atoms. The van der Waals surface area contributed by atoms with Crippen LogP contribution in [0.15, 0.2) is 24.3 Å². The molecule has 1 aromatic carbocycles. The lowest BCUT2D eigenvalue weighted by Crippen LogP contribution is -2.51. The first-order valence-electron chi connectivity index (χ1n) is 8.05. The van der Waals surface area contributed by atoms with E-state index in [4.69, 9.17) is 0 Å². The van der Waals surface area contributed by atoms with Crippen molar-refractivity contribution in [2.75, 3.05) is 11.4 Å². The van der Waals surface area contributed by atoms with Crippen molar-refractivity contribution < 1.29 is 19.2 Å². The van der Waals surface area contributed by atoms with E-state index in [-0.39, 0.29) is 24.9 Å². The number of hydrogen-bond donors (Lipinski definition) is 3. The Morgan fingerprint density at radius 2 is 1.72 bits per heavy atom. The van der Waals surface area contributed by atoms with Crippen LogP contribution in [0.1, 0.15) is 25.8 Å². The van der Waals surface area contributed by atoms with Gasteiger partial charge in [0.05, 0.1) is 5.92 Å². The molecule has 1 aliphatic rings. The van der Waals surface area contributed by atoms with Gasteiger partial charge in [-0.1, -0.05) is 17.7 Å². The minimum absolute atomic E-state index is 0.0494. The second kappa shape index (κ2) is 7.78. The number of nitrogens with one attached hydrogen (secondary N) is 3. The van der Waals surface area contributed by atoms with Gasteiger partial charge in [0.15, 0.2) is 0 Å². The molecule has 1 saturated heterocycles. The average molecular weight is 346 g/mol. The Balaban J connectivity index is 1.89. The Morgan fingerprint density at radius 1 is 1.08 bits per heavy atom. The van der Waals surface area contributed by atoms with E-state index in [1.54, 1.807) is 13.8 Å². The molecular formula is C17H22N4O4. The van der Waals surface area contributed by atoms with Crippen molar-refractivity contribution in [3.8, 4) is 0 Å². The molecular weight excluding hydrogens is 324 g/mol. The first kappa shape index (κ1) is 18.4. The van der Waals surface area contributed by atoms with E-state index in [0.29, 0.717) is 0 Å². The van der Waals surface area contributed by atoms with E-state index in [1.165, 1.54) is 4.90 Å². The molecule has 1 fully saturated rings. The Morgan fingerprint density at radius 3 is 2.32 bits per heavy atom. The normalized spacial score (nSPS) is 16.7. The number of aryl methyl sites for hydroxylation is 1. The molecule has 0 spiro atoms. The van der Waals surface area contributed by atoms with Gasteiger partial charge in [0.25, 0.3) is 0 Å². The molecule has 2 rings (SSSR count). The topological polar surface area (TPSA) is 108 Å². The summed E-state index contributed by atoms with van der Waals surface area (Å²) in [5, 5.41) is 2.41. The second-order valence-corrected chi connectivity index (χ2v) is 6.31. The van der Waals surface area contributed by atoms with E-state index in [2.05, 4.69) is 16.2 Å². The lowest BCUT2D eigenvalue weighted by molar-refractivity contribution is -0.141. The molecule has 134 valence electrons. The predicted molar refractivity (Wildman–Crippen MR) is 91.2 cm³/mol. The summed E-state index contributed by atoms with van der Waals surface area (Å²) in [6.07, 6.45) is 0.0494. The van der Waals surface area contributed by atoms with Gasteiger partial charge in [-0.3, -0.25) is 30.0 Å². The van der Waals surface area contributed by atoms with Crippen LogP contribution in [-0.2, 0) is 19.2 Å². The Kier molecular flexibility index (Phi) is 5.74. The van der Waals surface area contributed by atoms with E-state index in [9.17, 15) is 19.2 Å². The van der Waals surface area contributed by atoms with E-state index in [1.807, 2.05) is 31.2 Å². The molecule has 8 heteroatoms. The van der Waals surface area contributed by atoms with Gasteiger partial charge in [0.1, 0.15) is 0 Å². The predicted octanol–water partition coefficient (Wildman–Crippen LogP) is 0.0199. The molecule has 4 amide bonds. The minimum Gasteiger partial charge on any atom is -0.346 e. The van der Waals surface area contributed by atoms with Crippen LogP contribution in [0.25, 0.3) is 0 Å². The molecule has 0 aliphatic carbocycles. The zero-order valence-electron chi connectivity index (χ0n) is 14.5. The molecule has 0 bridgehead atoms. The van der Waals surface area contributed by atoms with Crippen LogP contribution in [0.3, 0.4) is 0 Å². The van der Waals surface area contributed by atoms with Crippen molar-refractivity contribution in [3.63, 3.8) is 0 Å². The largest absolute Gasteiger partial charge is 0.346 e. The Labute approximate surface area is 145 Å². The standard InChI is InChI=1S/C17H22N4O4/c1-10(2)18-16(24)17(25)20-19-15(23)12-8-14(22)21(9-12)13-6-4-11(3)5-7-13/h4-7,10,12H,8-9H2,1-3H3,(H,18,24)(H,19,23)(H,20,25)/t12-/m1/s1. The SMILES string of the molecule is Cc1ccc(N2C[C@H](C(=O)NNC(=O)C(=O)NC(C)C)CC2=O)cc1. The molecule has 0 radical (unpaired) electrons. The first-order valence-corrected chi connectivity index (χ1v) is 8.05. The van der Waals surface area contributed by atoms with Gasteiger partial charge in [0, 0.05) is 24.7 Å². The summed E-state index contributed by atoms with van der Waals surface area (Å²) >= 11 is 0. The van der Waals surface area contributed by atoms with Crippen LogP contribution < -0.4 is 21.1 Å². The summed E-state index contributed by atoms with van der Waals surface area (Å²) in [5.41, 5.74) is 6.07. The number of carbonyl (C=O) groups excluding carboxylic acids is 4. The average Bonchev–Trinajstić information content (AvgIpc) is 2.94. The summed E-state index contributed by atoms with van der Waals surface area (Å²) in [7, 11) is 0. The fourth-order valence-corrected chi connectivity index (χ4v) is 2.46. The molecule has 0 saturated carbocycles. The quantitative estimate of drug-likeness (QED) is 0.530. The van der Waals surface area contributed by atoms with Crippen LogP contribution in [0, 0.1) is 12.8 Å². The van der Waals surface area contributed by atoms with Gasteiger partial charge in [-0.05, 0) is 32.9 Å². The molecule has 1 atom stereocenters. The highest BCUT2D eigenvalue weighted by Crippen LogP contribution is 2.25. The van der Waals surface area contributed by atoms with Crippen molar-refractivity contribution >= 4 is 29.3 Å². The highest BCUT2D eigenvalue weighted by Gasteiger charge is 2.35. The maximum absolute atomic E-state index is 12.1. The van der Waals surface area contributed by atoms with E-state index < -0.39 is 23.6 Å².